The molecule has 2 aromatic rings. The van der Waals surface area contributed by atoms with Crippen molar-refractivity contribution in [3.05, 3.63) is 63.6 Å². The summed E-state index contributed by atoms with van der Waals surface area (Å²) in [5.41, 5.74) is 3.79. The van der Waals surface area contributed by atoms with Crippen molar-refractivity contribution in [2.45, 2.75) is 19.3 Å². The largest absolute Gasteiger partial charge is 0.452 e. The van der Waals surface area contributed by atoms with Crippen LogP contribution in [0.4, 0.5) is 5.69 Å². The van der Waals surface area contributed by atoms with Crippen molar-refractivity contribution in [1.29, 1.82) is 0 Å². The minimum atomic E-state index is -0.518. The molecule has 5 heteroatoms. The lowest BCUT2D eigenvalue weighted by atomic mass is 10.1. The van der Waals surface area contributed by atoms with E-state index in [1.807, 2.05) is 24.3 Å². The molecule has 4 nitrogen and oxygen atoms in total. The maximum atomic E-state index is 11.9. The molecule has 1 N–H and O–H groups in total. The number of fused-ring (bicyclic) bond motifs is 1. The van der Waals surface area contributed by atoms with Gasteiger partial charge in [-0.15, -0.1) is 0 Å². The van der Waals surface area contributed by atoms with Crippen LogP contribution in [0.2, 0.25) is 0 Å². The molecule has 1 aliphatic carbocycles. The van der Waals surface area contributed by atoms with Gasteiger partial charge < -0.3 is 10.1 Å². The average molecular weight is 374 g/mol. The van der Waals surface area contributed by atoms with Crippen LogP contribution in [-0.2, 0) is 22.4 Å². The summed E-state index contributed by atoms with van der Waals surface area (Å²) in [6.07, 6.45) is 3.32. The Bertz CT molecular complexity index is 758. The first kappa shape index (κ1) is 15.7. The number of rotatable bonds is 4. The molecule has 0 atom stereocenters. The fourth-order valence-electron chi connectivity index (χ4n) is 2.68. The molecule has 3 rings (SSSR count). The van der Waals surface area contributed by atoms with Gasteiger partial charge in [0, 0.05) is 10.2 Å². The maximum absolute atomic E-state index is 11.9. The second kappa shape index (κ2) is 6.96. The molecule has 118 valence electrons. The number of nitrogens with one attached hydrogen (secondary N) is 1. The fourth-order valence-corrected chi connectivity index (χ4v) is 3.08. The highest BCUT2D eigenvalue weighted by Gasteiger charge is 2.13. The van der Waals surface area contributed by atoms with Crippen LogP contribution in [0.5, 0.6) is 0 Å². The summed E-state index contributed by atoms with van der Waals surface area (Å²) in [5, 5.41) is 2.76. The zero-order valence-electron chi connectivity index (χ0n) is 12.5. The van der Waals surface area contributed by atoms with Crippen molar-refractivity contribution < 1.29 is 14.3 Å². The van der Waals surface area contributed by atoms with E-state index >= 15 is 0 Å². The second-order valence-corrected chi connectivity index (χ2v) is 6.39. The van der Waals surface area contributed by atoms with Crippen molar-refractivity contribution in [2.24, 2.45) is 0 Å². The van der Waals surface area contributed by atoms with Crippen molar-refractivity contribution in [1.82, 2.24) is 0 Å². The Morgan fingerprint density at radius 1 is 1.09 bits per heavy atom. The van der Waals surface area contributed by atoms with Crippen LogP contribution in [-0.4, -0.2) is 18.5 Å². The first-order valence-corrected chi connectivity index (χ1v) is 8.25. The van der Waals surface area contributed by atoms with Crippen LogP contribution in [0.1, 0.15) is 27.9 Å². The standard InChI is InChI=1S/C18H16BrNO3/c19-15-6-2-5-14(9-15)18(22)23-11-17(21)20-16-8-7-12-3-1-4-13(12)10-16/h2,5-10H,1,3-4,11H2,(H,20,21). The third kappa shape index (κ3) is 3.99. The predicted octanol–water partition coefficient (Wildman–Crippen LogP) is 3.73. The summed E-state index contributed by atoms with van der Waals surface area (Å²) < 4.78 is 5.82. The molecule has 0 aromatic heterocycles. The first-order valence-electron chi connectivity index (χ1n) is 7.46. The lowest BCUT2D eigenvalue weighted by Gasteiger charge is -2.08. The number of carbonyl (C=O) groups excluding carboxylic acids is 2. The van der Waals surface area contributed by atoms with Gasteiger partial charge in [-0.25, -0.2) is 4.79 Å². The van der Waals surface area contributed by atoms with E-state index in [9.17, 15) is 9.59 Å². The van der Waals surface area contributed by atoms with Gasteiger partial charge in [0.1, 0.15) is 0 Å². The highest BCUT2D eigenvalue weighted by molar-refractivity contribution is 9.10. The van der Waals surface area contributed by atoms with Crippen LogP contribution < -0.4 is 5.32 Å². The molecule has 0 bridgehead atoms. The number of halogens is 1. The Labute approximate surface area is 143 Å². The molecule has 0 saturated heterocycles. The van der Waals surface area contributed by atoms with Crippen LogP contribution >= 0.6 is 15.9 Å². The van der Waals surface area contributed by atoms with Crippen LogP contribution in [0.25, 0.3) is 0 Å². The minimum absolute atomic E-state index is 0.303. The van der Waals surface area contributed by atoms with Crippen molar-refractivity contribution in [3.8, 4) is 0 Å². The normalized spacial score (nSPS) is 12.6. The van der Waals surface area contributed by atoms with Gasteiger partial charge in [-0.05, 0) is 60.7 Å². The number of carbonyl (C=O) groups is 2. The van der Waals surface area contributed by atoms with E-state index in [1.165, 1.54) is 11.1 Å². The average Bonchev–Trinajstić information content (AvgIpc) is 3.00. The number of amides is 1. The summed E-state index contributed by atoms with van der Waals surface area (Å²) in [4.78, 5) is 23.8. The van der Waals surface area contributed by atoms with Gasteiger partial charge in [-0.3, -0.25) is 4.79 Å². The maximum Gasteiger partial charge on any atom is 0.338 e. The molecule has 0 heterocycles. The second-order valence-electron chi connectivity index (χ2n) is 5.47. The van der Waals surface area contributed by atoms with E-state index in [0.717, 1.165) is 29.4 Å². The summed E-state index contributed by atoms with van der Waals surface area (Å²) in [5.74, 6) is -0.860. The summed E-state index contributed by atoms with van der Waals surface area (Å²) in [6.45, 7) is -0.303. The molecular weight excluding hydrogens is 358 g/mol. The highest BCUT2D eigenvalue weighted by atomic mass is 79.9. The molecule has 0 unspecified atom stereocenters. The quantitative estimate of drug-likeness (QED) is 0.830. The van der Waals surface area contributed by atoms with Crippen LogP contribution in [0.3, 0.4) is 0 Å². The Kier molecular flexibility index (Phi) is 4.76. The molecule has 1 aliphatic rings. The topological polar surface area (TPSA) is 55.4 Å². The third-order valence-electron chi connectivity index (χ3n) is 3.78. The highest BCUT2D eigenvalue weighted by Crippen LogP contribution is 2.24. The van der Waals surface area contributed by atoms with E-state index < -0.39 is 5.97 Å². The molecule has 23 heavy (non-hydrogen) atoms. The summed E-state index contributed by atoms with van der Waals surface area (Å²) in [7, 11) is 0. The molecule has 2 aromatic carbocycles. The summed E-state index contributed by atoms with van der Waals surface area (Å²) >= 11 is 3.29. The molecule has 0 radical (unpaired) electrons. The lowest BCUT2D eigenvalue weighted by molar-refractivity contribution is -0.119. The van der Waals surface area contributed by atoms with E-state index in [1.54, 1.807) is 18.2 Å². The van der Waals surface area contributed by atoms with Gasteiger partial charge in [-0.1, -0.05) is 28.1 Å². The van der Waals surface area contributed by atoms with Crippen LogP contribution in [0, 0.1) is 0 Å². The van der Waals surface area contributed by atoms with Gasteiger partial charge in [-0.2, -0.15) is 0 Å². The third-order valence-corrected chi connectivity index (χ3v) is 4.27. The lowest BCUT2D eigenvalue weighted by Crippen LogP contribution is -2.21. The number of esters is 1. The number of ether oxygens (including phenoxy) is 1. The van der Waals surface area contributed by atoms with E-state index in [2.05, 4.69) is 21.2 Å². The van der Waals surface area contributed by atoms with Crippen LogP contribution in [0.15, 0.2) is 46.9 Å². The number of anilines is 1. The SMILES string of the molecule is O=C(COC(=O)c1cccc(Br)c1)Nc1ccc2c(c1)CCC2. The number of hydrogen-bond acceptors (Lipinski definition) is 3. The van der Waals surface area contributed by atoms with Gasteiger partial charge in [0.05, 0.1) is 5.56 Å². The minimum Gasteiger partial charge on any atom is -0.452 e. The Hall–Kier alpha value is -2.14. The first-order chi connectivity index (χ1) is 11.1. The summed E-state index contributed by atoms with van der Waals surface area (Å²) in [6, 6.07) is 12.8. The number of hydrogen-bond donors (Lipinski definition) is 1. The number of benzene rings is 2. The van der Waals surface area contributed by atoms with Gasteiger partial charge in [0.25, 0.3) is 5.91 Å². The van der Waals surface area contributed by atoms with E-state index in [-0.39, 0.29) is 12.5 Å². The zero-order chi connectivity index (χ0) is 16.2. The molecule has 0 spiro atoms. The smallest absolute Gasteiger partial charge is 0.338 e. The van der Waals surface area contributed by atoms with E-state index in [4.69, 9.17) is 4.74 Å². The Morgan fingerprint density at radius 3 is 2.74 bits per heavy atom. The molecular formula is C18H16BrNO3. The zero-order valence-corrected chi connectivity index (χ0v) is 14.1. The van der Waals surface area contributed by atoms with Crippen molar-refractivity contribution in [3.63, 3.8) is 0 Å². The van der Waals surface area contributed by atoms with Crippen molar-refractivity contribution >= 4 is 33.5 Å². The van der Waals surface area contributed by atoms with Crippen molar-refractivity contribution in [2.75, 3.05) is 11.9 Å². The Balaban J connectivity index is 1.54. The molecule has 0 aliphatic heterocycles. The number of aryl methyl sites for hydroxylation is 2. The molecule has 0 fully saturated rings. The van der Waals surface area contributed by atoms with E-state index in [0.29, 0.717) is 5.56 Å². The predicted molar refractivity (Wildman–Crippen MR) is 91.5 cm³/mol. The van der Waals surface area contributed by atoms with Gasteiger partial charge in [0.15, 0.2) is 6.61 Å². The Morgan fingerprint density at radius 2 is 1.91 bits per heavy atom. The van der Waals surface area contributed by atoms with Gasteiger partial charge in [0.2, 0.25) is 0 Å². The molecule has 1 amide bonds. The monoisotopic (exact) mass is 373 g/mol. The van der Waals surface area contributed by atoms with Gasteiger partial charge >= 0.3 is 5.97 Å². The fraction of sp³-hybridized carbons (Fsp3) is 0.222. The molecule has 0 saturated carbocycles.